The second-order valence-corrected chi connectivity index (χ2v) is 5.47. The number of aliphatic hydroxyl groups is 1. The third kappa shape index (κ3) is 2.50. The molecule has 2 aliphatic carbocycles. The SMILES string of the molecule is C=CC(=O)OCCC1CC2CC1CC2(O)C(F)(F)F. The van der Waals surface area contributed by atoms with Gasteiger partial charge in [0.15, 0.2) is 5.60 Å². The molecule has 4 atom stereocenters. The first-order valence-electron chi connectivity index (χ1n) is 6.36. The smallest absolute Gasteiger partial charge is 0.417 e. The molecule has 0 aliphatic heterocycles. The van der Waals surface area contributed by atoms with Crippen molar-refractivity contribution < 1.29 is 27.8 Å². The zero-order valence-corrected chi connectivity index (χ0v) is 10.4. The van der Waals surface area contributed by atoms with Crippen LogP contribution < -0.4 is 0 Å². The highest BCUT2D eigenvalue weighted by Crippen LogP contribution is 2.59. The quantitative estimate of drug-likeness (QED) is 0.634. The Hall–Kier alpha value is -1.04. The number of carbonyl (C=O) groups is 1. The highest BCUT2D eigenvalue weighted by Gasteiger charge is 2.66. The van der Waals surface area contributed by atoms with Crippen LogP contribution >= 0.6 is 0 Å². The van der Waals surface area contributed by atoms with E-state index >= 15 is 0 Å². The number of hydrogen-bond donors (Lipinski definition) is 1. The van der Waals surface area contributed by atoms with Crippen LogP contribution in [0.3, 0.4) is 0 Å². The first-order valence-corrected chi connectivity index (χ1v) is 6.36. The van der Waals surface area contributed by atoms with Gasteiger partial charge < -0.3 is 9.84 Å². The molecule has 0 aromatic heterocycles. The van der Waals surface area contributed by atoms with E-state index in [9.17, 15) is 23.1 Å². The van der Waals surface area contributed by atoms with Crippen LogP contribution in [0, 0.1) is 17.8 Å². The number of rotatable bonds is 4. The lowest BCUT2D eigenvalue weighted by Crippen LogP contribution is -2.50. The van der Waals surface area contributed by atoms with Gasteiger partial charge >= 0.3 is 12.1 Å². The van der Waals surface area contributed by atoms with Gasteiger partial charge in [0, 0.05) is 6.08 Å². The Bertz CT molecular complexity index is 380. The maximum absolute atomic E-state index is 12.8. The highest BCUT2D eigenvalue weighted by atomic mass is 19.4. The molecular formula is C13H17F3O3. The van der Waals surface area contributed by atoms with Crippen molar-refractivity contribution in [1.82, 2.24) is 0 Å². The molecule has 0 heterocycles. The number of fused-ring (bicyclic) bond motifs is 2. The third-order valence-electron chi connectivity index (χ3n) is 4.48. The fourth-order valence-electron chi connectivity index (χ4n) is 3.49. The van der Waals surface area contributed by atoms with Gasteiger partial charge in [-0.2, -0.15) is 13.2 Å². The molecule has 6 heteroatoms. The summed E-state index contributed by atoms with van der Waals surface area (Å²) >= 11 is 0. The van der Waals surface area contributed by atoms with Crippen molar-refractivity contribution in [3.63, 3.8) is 0 Å². The summed E-state index contributed by atoms with van der Waals surface area (Å²) in [6.07, 6.45) is -2.39. The predicted molar refractivity (Wildman–Crippen MR) is 61.1 cm³/mol. The molecule has 0 aromatic carbocycles. The van der Waals surface area contributed by atoms with E-state index < -0.39 is 23.7 Å². The summed E-state index contributed by atoms with van der Waals surface area (Å²) in [5.74, 6) is -1.25. The van der Waals surface area contributed by atoms with E-state index in [1.165, 1.54) is 0 Å². The van der Waals surface area contributed by atoms with Gasteiger partial charge in [-0.15, -0.1) is 0 Å². The number of alkyl halides is 3. The zero-order valence-electron chi connectivity index (χ0n) is 10.4. The van der Waals surface area contributed by atoms with Gasteiger partial charge in [0.25, 0.3) is 0 Å². The molecule has 0 aromatic rings. The number of esters is 1. The second-order valence-electron chi connectivity index (χ2n) is 5.47. The van der Waals surface area contributed by atoms with Crippen LogP contribution in [-0.4, -0.2) is 29.5 Å². The average Bonchev–Trinajstić information content (AvgIpc) is 2.85. The van der Waals surface area contributed by atoms with E-state index in [4.69, 9.17) is 4.74 Å². The summed E-state index contributed by atoms with van der Waals surface area (Å²) in [6, 6.07) is 0. The molecule has 19 heavy (non-hydrogen) atoms. The Kier molecular flexibility index (Phi) is 3.64. The molecule has 2 aliphatic rings. The molecule has 2 saturated carbocycles. The van der Waals surface area contributed by atoms with E-state index in [2.05, 4.69) is 6.58 Å². The first kappa shape index (κ1) is 14.4. The van der Waals surface area contributed by atoms with E-state index in [0.717, 1.165) is 6.08 Å². The third-order valence-corrected chi connectivity index (χ3v) is 4.48. The van der Waals surface area contributed by atoms with Crippen molar-refractivity contribution in [3.8, 4) is 0 Å². The van der Waals surface area contributed by atoms with Crippen molar-refractivity contribution in [2.24, 2.45) is 17.8 Å². The number of halogens is 3. The van der Waals surface area contributed by atoms with Crippen molar-refractivity contribution in [2.75, 3.05) is 6.61 Å². The molecule has 108 valence electrons. The van der Waals surface area contributed by atoms with Gasteiger partial charge in [-0.1, -0.05) is 6.58 Å². The molecule has 2 rings (SSSR count). The van der Waals surface area contributed by atoms with Crippen LogP contribution in [0.25, 0.3) is 0 Å². The average molecular weight is 278 g/mol. The summed E-state index contributed by atoms with van der Waals surface area (Å²) in [5, 5.41) is 9.76. The zero-order chi connectivity index (χ0) is 14.3. The Morgan fingerprint density at radius 3 is 2.63 bits per heavy atom. The molecule has 3 nitrogen and oxygen atoms in total. The van der Waals surface area contributed by atoms with Crippen LogP contribution in [0.1, 0.15) is 25.7 Å². The first-order chi connectivity index (χ1) is 8.78. The Labute approximate surface area is 109 Å². The topological polar surface area (TPSA) is 46.5 Å². The van der Waals surface area contributed by atoms with E-state index in [1.807, 2.05) is 0 Å². The maximum Gasteiger partial charge on any atom is 0.417 e. The molecule has 0 radical (unpaired) electrons. The van der Waals surface area contributed by atoms with Gasteiger partial charge in [0.05, 0.1) is 6.61 Å². The predicted octanol–water partition coefficient (Wildman–Crippen LogP) is 2.45. The lowest BCUT2D eigenvalue weighted by atomic mass is 9.77. The molecule has 4 unspecified atom stereocenters. The van der Waals surface area contributed by atoms with Crippen molar-refractivity contribution in [3.05, 3.63) is 12.7 Å². The van der Waals surface area contributed by atoms with Gasteiger partial charge in [0.2, 0.25) is 0 Å². The van der Waals surface area contributed by atoms with Crippen LogP contribution in [-0.2, 0) is 9.53 Å². The monoisotopic (exact) mass is 278 g/mol. The number of ether oxygens (including phenoxy) is 1. The molecule has 1 N–H and O–H groups in total. The fourth-order valence-corrected chi connectivity index (χ4v) is 3.49. The van der Waals surface area contributed by atoms with Crippen molar-refractivity contribution in [1.29, 1.82) is 0 Å². The molecule has 0 amide bonds. The minimum atomic E-state index is -4.55. The molecule has 2 fully saturated rings. The normalized spacial score (nSPS) is 37.4. The van der Waals surface area contributed by atoms with Crippen molar-refractivity contribution >= 4 is 5.97 Å². The largest absolute Gasteiger partial charge is 0.463 e. The molecule has 0 saturated heterocycles. The summed E-state index contributed by atoms with van der Waals surface area (Å²) < 4.78 is 43.2. The number of carbonyl (C=O) groups excluding carboxylic acids is 1. The van der Waals surface area contributed by atoms with Crippen LogP contribution in [0.15, 0.2) is 12.7 Å². The summed E-state index contributed by atoms with van der Waals surface area (Å²) in [6.45, 7) is 3.46. The Balaban J connectivity index is 1.86. The Morgan fingerprint density at radius 1 is 1.47 bits per heavy atom. The number of hydrogen-bond acceptors (Lipinski definition) is 3. The van der Waals surface area contributed by atoms with Crippen LogP contribution in [0.2, 0.25) is 0 Å². The van der Waals surface area contributed by atoms with Gasteiger partial charge in [0.1, 0.15) is 0 Å². The molecule has 2 bridgehead atoms. The van der Waals surface area contributed by atoms with E-state index in [-0.39, 0.29) is 24.9 Å². The van der Waals surface area contributed by atoms with Gasteiger partial charge in [-0.3, -0.25) is 0 Å². The van der Waals surface area contributed by atoms with Gasteiger partial charge in [-0.05, 0) is 43.4 Å². The van der Waals surface area contributed by atoms with E-state index in [1.54, 1.807) is 0 Å². The standard InChI is InChI=1S/C13H17F3O3/c1-2-11(17)19-4-3-8-5-10-6-9(8)7-12(10,18)13(14,15)16/h2,8-10,18H,1,3-7H2. The molecular weight excluding hydrogens is 261 g/mol. The lowest BCUT2D eigenvalue weighted by molar-refractivity contribution is -0.279. The minimum Gasteiger partial charge on any atom is -0.463 e. The van der Waals surface area contributed by atoms with E-state index in [0.29, 0.717) is 19.3 Å². The summed E-state index contributed by atoms with van der Waals surface area (Å²) in [5.41, 5.74) is -2.51. The highest BCUT2D eigenvalue weighted by molar-refractivity contribution is 5.81. The van der Waals surface area contributed by atoms with Crippen LogP contribution in [0.4, 0.5) is 13.2 Å². The summed E-state index contributed by atoms with van der Waals surface area (Å²) in [4.78, 5) is 10.9. The van der Waals surface area contributed by atoms with Crippen LogP contribution in [0.5, 0.6) is 0 Å². The maximum atomic E-state index is 12.8. The summed E-state index contributed by atoms with van der Waals surface area (Å²) in [7, 11) is 0. The lowest BCUT2D eigenvalue weighted by Gasteiger charge is -2.37. The van der Waals surface area contributed by atoms with Gasteiger partial charge in [-0.25, -0.2) is 4.79 Å². The Morgan fingerprint density at radius 2 is 2.16 bits per heavy atom. The minimum absolute atomic E-state index is 0.102. The van der Waals surface area contributed by atoms with Crippen molar-refractivity contribution in [2.45, 2.75) is 37.5 Å². The fraction of sp³-hybridized carbons (Fsp3) is 0.769. The molecule has 0 spiro atoms. The second kappa shape index (κ2) is 4.81.